The normalized spacial score (nSPS) is 14.1. The van der Waals surface area contributed by atoms with Gasteiger partial charge in [0.1, 0.15) is 0 Å². The zero-order valence-electron chi connectivity index (χ0n) is 12.8. The van der Waals surface area contributed by atoms with E-state index in [2.05, 4.69) is 24.1 Å². The lowest BCUT2D eigenvalue weighted by Crippen LogP contribution is -2.37. The summed E-state index contributed by atoms with van der Waals surface area (Å²) in [5.74, 6) is -0.979. The summed E-state index contributed by atoms with van der Waals surface area (Å²) in [7, 11) is 0. The lowest BCUT2D eigenvalue weighted by atomic mass is 10.2. The first-order valence-corrected chi connectivity index (χ1v) is 7.61. The van der Waals surface area contributed by atoms with Crippen LogP contribution in [0.3, 0.4) is 0 Å². The summed E-state index contributed by atoms with van der Waals surface area (Å²) < 4.78 is 0. The van der Waals surface area contributed by atoms with Crippen molar-refractivity contribution in [3.63, 3.8) is 0 Å². The predicted octanol–water partition coefficient (Wildman–Crippen LogP) is 2.09. The van der Waals surface area contributed by atoms with Crippen molar-refractivity contribution < 1.29 is 9.59 Å². The number of carbonyl (C=O) groups is 2. The number of hydrogen-bond acceptors (Lipinski definition) is 3. The molecular formula is C16H23N3O2. The fourth-order valence-electron chi connectivity index (χ4n) is 2.59. The van der Waals surface area contributed by atoms with E-state index in [9.17, 15) is 9.59 Å². The van der Waals surface area contributed by atoms with E-state index >= 15 is 0 Å². The highest BCUT2D eigenvalue weighted by Crippen LogP contribution is 2.18. The molecule has 114 valence electrons. The molecule has 5 nitrogen and oxygen atoms in total. The molecule has 1 saturated heterocycles. The maximum atomic E-state index is 11.9. The van der Waals surface area contributed by atoms with E-state index in [1.807, 2.05) is 24.3 Å². The van der Waals surface area contributed by atoms with Gasteiger partial charge in [0.25, 0.3) is 0 Å². The van der Waals surface area contributed by atoms with E-state index in [-0.39, 0.29) is 0 Å². The number of hydrogen-bond donors (Lipinski definition) is 1. The number of likely N-dealkylation sites (tertiary alicyclic amines) is 1. The monoisotopic (exact) mass is 289 g/mol. The molecule has 21 heavy (non-hydrogen) atoms. The van der Waals surface area contributed by atoms with Crippen LogP contribution in [0.4, 0.5) is 11.4 Å². The Morgan fingerprint density at radius 3 is 2.19 bits per heavy atom. The number of benzene rings is 1. The third kappa shape index (κ3) is 3.74. The molecule has 1 heterocycles. The molecule has 0 aromatic heterocycles. The Labute approximate surface area is 125 Å². The van der Waals surface area contributed by atoms with Gasteiger partial charge in [-0.05, 0) is 51.0 Å². The van der Waals surface area contributed by atoms with Crippen molar-refractivity contribution in [3.05, 3.63) is 24.3 Å². The van der Waals surface area contributed by atoms with Crippen LogP contribution in [0.1, 0.15) is 26.7 Å². The number of nitrogens with zero attached hydrogens (tertiary/aromatic N) is 2. The smallest absolute Gasteiger partial charge is 0.313 e. The fourth-order valence-corrected chi connectivity index (χ4v) is 2.59. The number of amides is 2. The van der Waals surface area contributed by atoms with Crippen LogP contribution in [0.2, 0.25) is 0 Å². The third-order valence-electron chi connectivity index (χ3n) is 3.84. The Balaban J connectivity index is 1.96. The number of anilines is 2. The fraction of sp³-hybridized carbons (Fsp3) is 0.500. The van der Waals surface area contributed by atoms with Gasteiger partial charge in [-0.15, -0.1) is 0 Å². The molecule has 5 heteroatoms. The number of nitrogens with one attached hydrogen (secondary N) is 1. The second-order valence-corrected chi connectivity index (χ2v) is 5.17. The van der Waals surface area contributed by atoms with Crippen LogP contribution >= 0.6 is 0 Å². The molecule has 0 atom stereocenters. The minimum atomic E-state index is -0.549. The number of rotatable bonds is 4. The SMILES string of the molecule is CCN(CC)c1ccc(NC(=O)C(=O)N2CCCC2)cc1. The van der Waals surface area contributed by atoms with Gasteiger partial charge in [-0.3, -0.25) is 9.59 Å². The first kappa shape index (κ1) is 15.4. The second kappa shape index (κ2) is 7.11. The molecule has 1 aliphatic rings. The highest BCUT2D eigenvalue weighted by molar-refractivity contribution is 6.39. The minimum absolute atomic E-state index is 0.430. The van der Waals surface area contributed by atoms with Gasteiger partial charge >= 0.3 is 11.8 Å². The average molecular weight is 289 g/mol. The van der Waals surface area contributed by atoms with E-state index in [0.29, 0.717) is 18.8 Å². The first-order valence-electron chi connectivity index (χ1n) is 7.61. The first-order chi connectivity index (χ1) is 10.2. The minimum Gasteiger partial charge on any atom is -0.372 e. The van der Waals surface area contributed by atoms with Gasteiger partial charge in [0.05, 0.1) is 0 Å². The molecule has 0 aliphatic carbocycles. The maximum Gasteiger partial charge on any atom is 0.313 e. The molecule has 2 rings (SSSR count). The van der Waals surface area contributed by atoms with Crippen LogP contribution < -0.4 is 10.2 Å². The Morgan fingerprint density at radius 2 is 1.67 bits per heavy atom. The van der Waals surface area contributed by atoms with Crippen molar-refractivity contribution in [1.82, 2.24) is 4.90 Å². The Bertz CT molecular complexity index is 489. The summed E-state index contributed by atoms with van der Waals surface area (Å²) in [6, 6.07) is 7.59. The lowest BCUT2D eigenvalue weighted by Gasteiger charge is -2.21. The van der Waals surface area contributed by atoms with Gasteiger partial charge in [0.2, 0.25) is 0 Å². The Kier molecular flexibility index (Phi) is 5.20. The number of carbonyl (C=O) groups excluding carboxylic acids is 2. The predicted molar refractivity (Wildman–Crippen MR) is 84.4 cm³/mol. The van der Waals surface area contributed by atoms with Gasteiger partial charge in [-0.1, -0.05) is 0 Å². The third-order valence-corrected chi connectivity index (χ3v) is 3.84. The quantitative estimate of drug-likeness (QED) is 0.864. The molecule has 0 bridgehead atoms. The van der Waals surface area contributed by atoms with Gasteiger partial charge in [0.15, 0.2) is 0 Å². The van der Waals surface area contributed by atoms with Crippen LogP contribution in [0, 0.1) is 0 Å². The van der Waals surface area contributed by atoms with Crippen molar-refractivity contribution in [2.45, 2.75) is 26.7 Å². The molecule has 2 amide bonds. The highest BCUT2D eigenvalue weighted by Gasteiger charge is 2.24. The summed E-state index contributed by atoms with van der Waals surface area (Å²) in [5, 5.41) is 2.67. The van der Waals surface area contributed by atoms with Gasteiger partial charge in [-0.2, -0.15) is 0 Å². The van der Waals surface area contributed by atoms with Crippen LogP contribution in [-0.4, -0.2) is 42.9 Å². The molecule has 0 unspecified atom stereocenters. The molecule has 1 N–H and O–H groups in total. The molecule has 0 saturated carbocycles. The molecule has 1 aromatic carbocycles. The van der Waals surface area contributed by atoms with E-state index in [1.54, 1.807) is 4.90 Å². The van der Waals surface area contributed by atoms with E-state index in [1.165, 1.54) is 0 Å². The molecule has 1 aromatic rings. The summed E-state index contributed by atoms with van der Waals surface area (Å²) >= 11 is 0. The van der Waals surface area contributed by atoms with Crippen molar-refractivity contribution >= 4 is 23.2 Å². The molecule has 1 fully saturated rings. The van der Waals surface area contributed by atoms with Crippen molar-refractivity contribution in [1.29, 1.82) is 0 Å². The largest absolute Gasteiger partial charge is 0.372 e. The topological polar surface area (TPSA) is 52.7 Å². The van der Waals surface area contributed by atoms with Crippen molar-refractivity contribution in [3.8, 4) is 0 Å². The van der Waals surface area contributed by atoms with Gasteiger partial charge in [0, 0.05) is 37.6 Å². The molecule has 0 spiro atoms. The summed E-state index contributed by atoms with van der Waals surface area (Å²) in [4.78, 5) is 27.7. The lowest BCUT2D eigenvalue weighted by molar-refractivity contribution is -0.142. The summed E-state index contributed by atoms with van der Waals surface area (Å²) in [6.07, 6.45) is 1.97. The molecular weight excluding hydrogens is 266 g/mol. The summed E-state index contributed by atoms with van der Waals surface area (Å²) in [6.45, 7) is 7.47. The van der Waals surface area contributed by atoms with Crippen molar-refractivity contribution in [2.75, 3.05) is 36.4 Å². The standard InChI is InChI=1S/C16H23N3O2/c1-3-18(4-2)14-9-7-13(8-10-14)17-15(20)16(21)19-11-5-6-12-19/h7-10H,3-6,11-12H2,1-2H3,(H,17,20). The summed E-state index contributed by atoms with van der Waals surface area (Å²) in [5.41, 5.74) is 1.77. The molecule has 0 radical (unpaired) electrons. The van der Waals surface area contributed by atoms with Crippen LogP contribution in [0.5, 0.6) is 0 Å². The maximum absolute atomic E-state index is 11.9. The van der Waals surface area contributed by atoms with E-state index in [4.69, 9.17) is 0 Å². The van der Waals surface area contributed by atoms with Crippen LogP contribution in [0.25, 0.3) is 0 Å². The zero-order chi connectivity index (χ0) is 15.2. The Morgan fingerprint density at radius 1 is 1.10 bits per heavy atom. The van der Waals surface area contributed by atoms with Crippen LogP contribution in [-0.2, 0) is 9.59 Å². The zero-order valence-corrected chi connectivity index (χ0v) is 12.8. The average Bonchev–Trinajstić information content (AvgIpc) is 3.03. The highest BCUT2D eigenvalue weighted by atomic mass is 16.2. The van der Waals surface area contributed by atoms with Gasteiger partial charge in [-0.25, -0.2) is 0 Å². The molecule has 1 aliphatic heterocycles. The van der Waals surface area contributed by atoms with E-state index in [0.717, 1.165) is 31.6 Å². The second-order valence-electron chi connectivity index (χ2n) is 5.17. The van der Waals surface area contributed by atoms with E-state index < -0.39 is 11.8 Å². The van der Waals surface area contributed by atoms with Gasteiger partial charge < -0.3 is 15.1 Å². The van der Waals surface area contributed by atoms with Crippen molar-refractivity contribution in [2.24, 2.45) is 0 Å². The Hall–Kier alpha value is -2.04. The van der Waals surface area contributed by atoms with Crippen LogP contribution in [0.15, 0.2) is 24.3 Å².